The van der Waals surface area contributed by atoms with E-state index < -0.39 is 0 Å². The summed E-state index contributed by atoms with van der Waals surface area (Å²) >= 11 is 0. The lowest BCUT2D eigenvalue weighted by molar-refractivity contribution is 0.251. The number of anilines is 1. The van der Waals surface area contributed by atoms with Crippen LogP contribution in [0.15, 0.2) is 18.2 Å². The molecule has 116 valence electrons. The SMILES string of the molecule is CC(CNCc1ccc2c(c1)CCCN2C)N1CCCC1. The average molecular weight is 287 g/mol. The lowest BCUT2D eigenvalue weighted by Gasteiger charge is -2.28. The molecule has 3 nitrogen and oxygen atoms in total. The Kier molecular flexibility index (Phi) is 4.81. The van der Waals surface area contributed by atoms with E-state index in [2.05, 4.69) is 47.3 Å². The third kappa shape index (κ3) is 3.58. The molecule has 21 heavy (non-hydrogen) atoms. The minimum atomic E-state index is 0.663. The van der Waals surface area contributed by atoms with E-state index >= 15 is 0 Å². The largest absolute Gasteiger partial charge is 0.374 e. The average Bonchev–Trinajstić information content (AvgIpc) is 3.01. The molecule has 0 spiro atoms. The Morgan fingerprint density at radius 3 is 2.76 bits per heavy atom. The lowest BCUT2D eigenvalue weighted by atomic mass is 9.99. The van der Waals surface area contributed by atoms with Gasteiger partial charge in [-0.05, 0) is 62.9 Å². The van der Waals surface area contributed by atoms with E-state index in [1.54, 1.807) is 0 Å². The van der Waals surface area contributed by atoms with Gasteiger partial charge in [-0.15, -0.1) is 0 Å². The molecule has 2 aliphatic heterocycles. The fraction of sp³-hybridized carbons (Fsp3) is 0.667. The van der Waals surface area contributed by atoms with Gasteiger partial charge in [0.2, 0.25) is 0 Å². The van der Waals surface area contributed by atoms with Crippen molar-refractivity contribution in [3.8, 4) is 0 Å². The number of hydrogen-bond donors (Lipinski definition) is 1. The Balaban J connectivity index is 1.51. The summed E-state index contributed by atoms with van der Waals surface area (Å²) in [6.07, 6.45) is 5.27. The third-order valence-corrected chi connectivity index (χ3v) is 5.03. The number of benzene rings is 1. The van der Waals surface area contributed by atoms with Crippen LogP contribution in [0.3, 0.4) is 0 Å². The lowest BCUT2D eigenvalue weighted by Crippen LogP contribution is -2.38. The fourth-order valence-electron chi connectivity index (χ4n) is 3.69. The molecule has 0 aromatic heterocycles. The first-order valence-corrected chi connectivity index (χ1v) is 8.52. The van der Waals surface area contributed by atoms with Gasteiger partial charge in [-0.25, -0.2) is 0 Å². The molecule has 3 rings (SSSR count). The van der Waals surface area contributed by atoms with Crippen molar-refractivity contribution in [2.45, 2.75) is 45.2 Å². The van der Waals surface area contributed by atoms with Gasteiger partial charge in [-0.2, -0.15) is 0 Å². The Hall–Kier alpha value is -1.06. The van der Waals surface area contributed by atoms with E-state index in [0.29, 0.717) is 6.04 Å². The first kappa shape index (κ1) is 14.9. The monoisotopic (exact) mass is 287 g/mol. The third-order valence-electron chi connectivity index (χ3n) is 5.03. The Morgan fingerprint density at radius 1 is 1.14 bits per heavy atom. The van der Waals surface area contributed by atoms with Crippen LogP contribution in [0.1, 0.15) is 37.3 Å². The molecule has 1 aromatic rings. The molecule has 0 bridgehead atoms. The highest BCUT2D eigenvalue weighted by Gasteiger charge is 2.17. The van der Waals surface area contributed by atoms with Crippen molar-refractivity contribution in [3.63, 3.8) is 0 Å². The van der Waals surface area contributed by atoms with Crippen molar-refractivity contribution < 1.29 is 0 Å². The van der Waals surface area contributed by atoms with Gasteiger partial charge in [-0.3, -0.25) is 4.90 Å². The molecular formula is C18H29N3. The van der Waals surface area contributed by atoms with Crippen molar-refractivity contribution in [3.05, 3.63) is 29.3 Å². The maximum Gasteiger partial charge on any atom is 0.0396 e. The van der Waals surface area contributed by atoms with Gasteiger partial charge in [0.25, 0.3) is 0 Å². The van der Waals surface area contributed by atoms with Crippen LogP contribution < -0.4 is 10.2 Å². The maximum atomic E-state index is 3.64. The quantitative estimate of drug-likeness (QED) is 0.898. The number of rotatable bonds is 5. The highest BCUT2D eigenvalue weighted by molar-refractivity contribution is 5.56. The van der Waals surface area contributed by atoms with Crippen molar-refractivity contribution in [1.29, 1.82) is 0 Å². The van der Waals surface area contributed by atoms with E-state index in [1.807, 2.05) is 0 Å². The first-order valence-electron chi connectivity index (χ1n) is 8.52. The number of likely N-dealkylation sites (tertiary alicyclic amines) is 1. The van der Waals surface area contributed by atoms with Crippen LogP contribution in [0, 0.1) is 0 Å². The van der Waals surface area contributed by atoms with Crippen LogP contribution in [0.25, 0.3) is 0 Å². The molecule has 0 saturated carbocycles. The van der Waals surface area contributed by atoms with E-state index in [1.165, 1.54) is 62.1 Å². The van der Waals surface area contributed by atoms with Crippen molar-refractivity contribution in [1.82, 2.24) is 10.2 Å². The molecule has 1 saturated heterocycles. The van der Waals surface area contributed by atoms with E-state index in [4.69, 9.17) is 0 Å². The summed E-state index contributed by atoms with van der Waals surface area (Å²) in [5.41, 5.74) is 4.38. The van der Waals surface area contributed by atoms with Crippen LogP contribution in [-0.4, -0.2) is 44.2 Å². The highest BCUT2D eigenvalue weighted by Crippen LogP contribution is 2.26. The smallest absolute Gasteiger partial charge is 0.0396 e. The van der Waals surface area contributed by atoms with Gasteiger partial charge in [0, 0.05) is 38.4 Å². The van der Waals surface area contributed by atoms with E-state index in [-0.39, 0.29) is 0 Å². The molecular weight excluding hydrogens is 258 g/mol. The molecule has 1 N–H and O–H groups in total. The number of hydrogen-bond acceptors (Lipinski definition) is 3. The molecule has 0 radical (unpaired) electrons. The van der Waals surface area contributed by atoms with E-state index in [9.17, 15) is 0 Å². The summed E-state index contributed by atoms with van der Waals surface area (Å²) in [4.78, 5) is 4.99. The van der Waals surface area contributed by atoms with Gasteiger partial charge in [0.15, 0.2) is 0 Å². The molecule has 3 heteroatoms. The Bertz CT molecular complexity index is 466. The van der Waals surface area contributed by atoms with Crippen LogP contribution in [0.2, 0.25) is 0 Å². The zero-order valence-corrected chi connectivity index (χ0v) is 13.6. The summed E-state index contributed by atoms with van der Waals surface area (Å²) in [5, 5.41) is 3.64. The van der Waals surface area contributed by atoms with Gasteiger partial charge in [0.05, 0.1) is 0 Å². The molecule has 1 aromatic carbocycles. The zero-order valence-electron chi connectivity index (χ0n) is 13.6. The van der Waals surface area contributed by atoms with Gasteiger partial charge >= 0.3 is 0 Å². The van der Waals surface area contributed by atoms with Crippen molar-refractivity contribution in [2.24, 2.45) is 0 Å². The van der Waals surface area contributed by atoms with E-state index in [0.717, 1.165) is 13.1 Å². The zero-order chi connectivity index (χ0) is 14.7. The summed E-state index contributed by atoms with van der Waals surface area (Å²) in [5.74, 6) is 0. The topological polar surface area (TPSA) is 18.5 Å². The minimum Gasteiger partial charge on any atom is -0.374 e. The van der Waals surface area contributed by atoms with Gasteiger partial charge < -0.3 is 10.2 Å². The molecule has 1 unspecified atom stereocenters. The molecule has 1 fully saturated rings. The van der Waals surface area contributed by atoms with Crippen molar-refractivity contribution >= 4 is 5.69 Å². The second-order valence-corrected chi connectivity index (χ2v) is 6.71. The number of nitrogens with zero attached hydrogens (tertiary/aromatic N) is 2. The predicted molar refractivity (Wildman–Crippen MR) is 90.0 cm³/mol. The molecule has 0 amide bonds. The maximum absolute atomic E-state index is 3.64. The standard InChI is InChI=1S/C18H29N3/c1-15(21-10-3-4-11-21)13-19-14-16-7-8-18-17(12-16)6-5-9-20(18)2/h7-8,12,15,19H,3-6,9-11,13-14H2,1-2H3. The summed E-state index contributed by atoms with van der Waals surface area (Å²) in [6.45, 7) is 8.20. The summed E-state index contributed by atoms with van der Waals surface area (Å²) in [6, 6.07) is 7.65. The van der Waals surface area contributed by atoms with Gasteiger partial charge in [0.1, 0.15) is 0 Å². The number of nitrogens with one attached hydrogen (secondary N) is 1. The molecule has 2 aliphatic rings. The first-order chi connectivity index (χ1) is 10.2. The second kappa shape index (κ2) is 6.80. The van der Waals surface area contributed by atoms with Gasteiger partial charge in [-0.1, -0.05) is 12.1 Å². The number of fused-ring (bicyclic) bond motifs is 1. The highest BCUT2D eigenvalue weighted by atomic mass is 15.2. The van der Waals surface area contributed by atoms with Crippen LogP contribution in [0.5, 0.6) is 0 Å². The van der Waals surface area contributed by atoms with Crippen LogP contribution in [-0.2, 0) is 13.0 Å². The molecule has 2 heterocycles. The molecule has 1 atom stereocenters. The van der Waals surface area contributed by atoms with Crippen LogP contribution in [0.4, 0.5) is 5.69 Å². The normalized spacial score (nSPS) is 20.6. The summed E-state index contributed by atoms with van der Waals surface area (Å²) < 4.78 is 0. The fourth-order valence-corrected chi connectivity index (χ4v) is 3.69. The minimum absolute atomic E-state index is 0.663. The van der Waals surface area contributed by atoms with Crippen LogP contribution >= 0.6 is 0 Å². The summed E-state index contributed by atoms with van der Waals surface area (Å²) in [7, 11) is 2.20. The second-order valence-electron chi connectivity index (χ2n) is 6.71. The Morgan fingerprint density at radius 2 is 1.95 bits per heavy atom. The molecule has 0 aliphatic carbocycles. The predicted octanol–water partition coefficient (Wildman–Crippen LogP) is 2.64. The van der Waals surface area contributed by atoms with Crippen molar-refractivity contribution in [2.75, 3.05) is 38.1 Å². The number of aryl methyl sites for hydroxylation is 1. The Labute approximate surface area is 129 Å².